The van der Waals surface area contributed by atoms with Crippen molar-refractivity contribution >= 4 is 27.6 Å². The lowest BCUT2D eigenvalue weighted by atomic mass is 10.0. The van der Waals surface area contributed by atoms with Gasteiger partial charge >= 0.3 is 27.6 Å². The van der Waals surface area contributed by atoms with Gasteiger partial charge in [-0.25, -0.2) is 9.13 Å². The van der Waals surface area contributed by atoms with Gasteiger partial charge in [0.1, 0.15) is 12.7 Å². The van der Waals surface area contributed by atoms with E-state index in [1.54, 1.807) is 6.08 Å². The summed E-state index contributed by atoms with van der Waals surface area (Å²) in [5, 5.41) is 19.6. The maximum absolute atomic E-state index is 12.7. The molecule has 14 nitrogen and oxygen atoms in total. The number of allylic oxidation sites excluding steroid dienone is 4. The third-order valence-electron chi connectivity index (χ3n) is 10.0. The van der Waals surface area contributed by atoms with E-state index in [0.717, 1.165) is 63.7 Å². The Morgan fingerprint density at radius 2 is 1.05 bits per heavy atom. The van der Waals surface area contributed by atoms with E-state index >= 15 is 0 Å². The third kappa shape index (κ3) is 44.9. The van der Waals surface area contributed by atoms with E-state index in [4.69, 9.17) is 23.8 Å². The van der Waals surface area contributed by atoms with Crippen molar-refractivity contribution in [2.24, 2.45) is 5.92 Å². The van der Waals surface area contributed by atoms with Crippen LogP contribution in [0.15, 0.2) is 36.5 Å². The molecule has 0 saturated carbocycles. The lowest BCUT2D eigenvalue weighted by Crippen LogP contribution is -2.30. The molecule has 0 amide bonds. The molecule has 0 heterocycles. The van der Waals surface area contributed by atoms with Crippen molar-refractivity contribution in [3.63, 3.8) is 0 Å². The van der Waals surface area contributed by atoms with E-state index in [0.29, 0.717) is 19.3 Å². The van der Waals surface area contributed by atoms with Crippen LogP contribution in [-0.2, 0) is 41.8 Å². The average molecular weight is 925 g/mol. The molecule has 0 bridgehead atoms. The maximum Gasteiger partial charge on any atom is 0.472 e. The summed E-state index contributed by atoms with van der Waals surface area (Å²) in [5.41, 5.74) is 0. The van der Waals surface area contributed by atoms with Crippen LogP contribution in [0.5, 0.6) is 0 Å². The van der Waals surface area contributed by atoms with Gasteiger partial charge < -0.3 is 34.4 Å². The standard InChI is InChI=1S/C46H86O14P2/c1-4-5-27-33-42(47)34-29-24-20-16-14-18-22-26-31-36-46(50)60-44(40-59-62(54,55)58-38-43(48)37-57-61(51,52)53)39-56-45(49)35-30-25-21-17-13-11-9-7-6-8-10-12-15-19-23-28-32-41(2)3/h5,20,24,27,29,34,41-44,47-48H,4,6-19,21-23,25-26,28,30-33,35-40H2,1-3H3,(H,54,55)(H2,51,52,53)/b24-20+,27-5+,34-29+/t42?,43-,44+/m0/s1. The Morgan fingerprint density at radius 3 is 1.58 bits per heavy atom. The summed E-state index contributed by atoms with van der Waals surface area (Å²) in [6.45, 7) is 3.87. The van der Waals surface area contributed by atoms with Crippen LogP contribution in [-0.4, -0.2) is 81.6 Å². The first-order valence-corrected chi connectivity index (χ1v) is 26.7. The molecule has 0 aromatic heterocycles. The van der Waals surface area contributed by atoms with E-state index in [9.17, 15) is 33.8 Å². The van der Waals surface area contributed by atoms with Gasteiger partial charge in [-0.3, -0.25) is 23.2 Å². The second-order valence-corrected chi connectivity index (χ2v) is 19.4. The average Bonchev–Trinajstić information content (AvgIpc) is 3.21. The number of aliphatic hydroxyl groups excluding tert-OH is 2. The smallest absolute Gasteiger partial charge is 0.462 e. The van der Waals surface area contributed by atoms with E-state index in [1.807, 2.05) is 31.2 Å². The molecule has 0 aliphatic heterocycles. The van der Waals surface area contributed by atoms with Crippen LogP contribution in [0, 0.1) is 5.92 Å². The largest absolute Gasteiger partial charge is 0.472 e. The molecule has 0 rings (SSSR count). The van der Waals surface area contributed by atoms with Crippen LogP contribution in [0.1, 0.15) is 194 Å². The van der Waals surface area contributed by atoms with Gasteiger partial charge in [0.05, 0.1) is 25.9 Å². The minimum absolute atomic E-state index is 0.0861. The first kappa shape index (κ1) is 60.3. The molecule has 4 atom stereocenters. The van der Waals surface area contributed by atoms with Gasteiger partial charge in [-0.1, -0.05) is 179 Å². The summed E-state index contributed by atoms with van der Waals surface area (Å²) in [7, 11) is -9.70. The summed E-state index contributed by atoms with van der Waals surface area (Å²) < 4.78 is 47.8. The predicted octanol–water partition coefficient (Wildman–Crippen LogP) is 11.3. The highest BCUT2D eigenvalue weighted by Crippen LogP contribution is 2.43. The van der Waals surface area contributed by atoms with Crippen LogP contribution in [0.25, 0.3) is 0 Å². The van der Waals surface area contributed by atoms with Gasteiger partial charge in [-0.15, -0.1) is 0 Å². The summed E-state index contributed by atoms with van der Waals surface area (Å²) >= 11 is 0. The Labute approximate surface area is 374 Å². The number of hydrogen-bond acceptors (Lipinski definition) is 11. The first-order chi connectivity index (χ1) is 29.6. The third-order valence-corrected chi connectivity index (χ3v) is 11.5. The van der Waals surface area contributed by atoms with Gasteiger partial charge in [0.2, 0.25) is 0 Å². The topological polar surface area (TPSA) is 216 Å². The van der Waals surface area contributed by atoms with Gasteiger partial charge in [0, 0.05) is 12.8 Å². The molecule has 0 saturated heterocycles. The highest BCUT2D eigenvalue weighted by molar-refractivity contribution is 7.47. The fraction of sp³-hybridized carbons (Fsp3) is 0.826. The lowest BCUT2D eigenvalue weighted by Gasteiger charge is -2.20. The number of rotatable bonds is 44. The quantitative estimate of drug-likeness (QED) is 0.0126. The van der Waals surface area contributed by atoms with Gasteiger partial charge in [-0.2, -0.15) is 0 Å². The number of esters is 2. The van der Waals surface area contributed by atoms with Gasteiger partial charge in [0.25, 0.3) is 0 Å². The predicted molar refractivity (Wildman–Crippen MR) is 245 cm³/mol. The Kier molecular flexibility index (Phi) is 39.7. The molecule has 0 fully saturated rings. The minimum Gasteiger partial charge on any atom is -0.462 e. The first-order valence-electron chi connectivity index (χ1n) is 23.6. The number of phosphoric ester groups is 2. The minimum atomic E-state index is -4.87. The second kappa shape index (κ2) is 40.8. The zero-order valence-corrected chi connectivity index (χ0v) is 40.3. The molecule has 0 aromatic carbocycles. The SMILES string of the molecule is CC/C=C/CC(O)/C=C/C=C/CCCCCCCC(=O)O[C@H](COC(=O)CCCCCCCCCCCCCCCCCCC(C)C)COP(=O)(O)OC[C@@H](O)COP(=O)(O)O. The molecule has 0 aliphatic carbocycles. The van der Waals surface area contributed by atoms with Crippen LogP contribution < -0.4 is 0 Å². The number of unbranched alkanes of at least 4 members (excludes halogenated alkanes) is 20. The molecule has 0 aromatic rings. The van der Waals surface area contributed by atoms with Crippen molar-refractivity contribution in [3.8, 4) is 0 Å². The number of phosphoric acid groups is 2. The summed E-state index contributed by atoms with van der Waals surface area (Å²) in [4.78, 5) is 52.8. The summed E-state index contributed by atoms with van der Waals surface area (Å²) in [6.07, 6.45) is 36.1. The Bertz CT molecular complexity index is 1270. The van der Waals surface area contributed by atoms with Crippen LogP contribution >= 0.6 is 15.6 Å². The van der Waals surface area contributed by atoms with E-state index < -0.39 is 72.3 Å². The Morgan fingerprint density at radius 1 is 0.565 bits per heavy atom. The molecule has 62 heavy (non-hydrogen) atoms. The van der Waals surface area contributed by atoms with Crippen molar-refractivity contribution in [2.75, 3.05) is 26.4 Å². The van der Waals surface area contributed by atoms with Crippen LogP contribution in [0.4, 0.5) is 0 Å². The molecule has 0 spiro atoms. The fourth-order valence-electron chi connectivity index (χ4n) is 6.45. The molecular formula is C46H86O14P2. The number of hydrogen-bond donors (Lipinski definition) is 5. The second-order valence-electron chi connectivity index (χ2n) is 16.7. The summed E-state index contributed by atoms with van der Waals surface area (Å²) in [6, 6.07) is 0. The van der Waals surface area contributed by atoms with E-state index in [2.05, 4.69) is 29.0 Å². The van der Waals surface area contributed by atoms with Crippen molar-refractivity contribution in [1.82, 2.24) is 0 Å². The highest BCUT2D eigenvalue weighted by atomic mass is 31.2. The molecule has 2 unspecified atom stereocenters. The van der Waals surface area contributed by atoms with Crippen molar-refractivity contribution < 1.29 is 66.7 Å². The number of carbonyl (C=O) groups excluding carboxylic acids is 2. The highest BCUT2D eigenvalue weighted by Gasteiger charge is 2.28. The molecule has 5 N–H and O–H groups in total. The maximum atomic E-state index is 12.7. The summed E-state index contributed by atoms with van der Waals surface area (Å²) in [5.74, 6) is -0.258. The number of carbonyl (C=O) groups is 2. The molecule has 0 radical (unpaired) electrons. The zero-order chi connectivity index (χ0) is 46.2. The van der Waals surface area contributed by atoms with E-state index in [-0.39, 0.29) is 12.8 Å². The molecule has 364 valence electrons. The molecular weight excluding hydrogens is 838 g/mol. The van der Waals surface area contributed by atoms with Crippen LogP contribution in [0.3, 0.4) is 0 Å². The molecule has 0 aliphatic rings. The monoisotopic (exact) mass is 925 g/mol. The van der Waals surface area contributed by atoms with Gasteiger partial charge in [0.15, 0.2) is 6.10 Å². The normalized spacial score (nSPS) is 14.9. The Hall–Kier alpha value is -1.70. The fourth-order valence-corrected chi connectivity index (χ4v) is 7.61. The van der Waals surface area contributed by atoms with E-state index in [1.165, 1.54) is 83.5 Å². The zero-order valence-electron chi connectivity index (χ0n) is 38.5. The van der Waals surface area contributed by atoms with Crippen molar-refractivity contribution in [1.29, 1.82) is 0 Å². The van der Waals surface area contributed by atoms with Crippen molar-refractivity contribution in [3.05, 3.63) is 36.5 Å². The Balaban J connectivity index is 4.48. The number of ether oxygens (including phenoxy) is 2. The van der Waals surface area contributed by atoms with Crippen molar-refractivity contribution in [2.45, 2.75) is 212 Å². The number of aliphatic hydroxyl groups is 2. The van der Waals surface area contributed by atoms with Crippen LogP contribution in [0.2, 0.25) is 0 Å². The lowest BCUT2D eigenvalue weighted by molar-refractivity contribution is -0.161. The van der Waals surface area contributed by atoms with Gasteiger partial charge in [-0.05, 0) is 44.4 Å². The molecule has 16 heteroatoms.